The largest absolute Gasteiger partial charge is 0.494 e. The average Bonchev–Trinajstić information content (AvgIpc) is 2.46. The number of methoxy groups -OCH3 is 1. The number of rotatable bonds is 5. The van der Waals surface area contributed by atoms with Crippen LogP contribution in [0.3, 0.4) is 0 Å². The minimum atomic E-state index is -0.294. The van der Waals surface area contributed by atoms with E-state index in [-0.39, 0.29) is 11.9 Å². The lowest BCUT2D eigenvalue weighted by Gasteiger charge is -2.21. The Kier molecular flexibility index (Phi) is 4.97. The summed E-state index contributed by atoms with van der Waals surface area (Å²) >= 11 is 0. The molecule has 0 amide bonds. The molecule has 1 aliphatic rings. The molecule has 0 fully saturated rings. The van der Waals surface area contributed by atoms with E-state index in [9.17, 15) is 4.39 Å². The fourth-order valence-electron chi connectivity index (χ4n) is 2.64. The van der Waals surface area contributed by atoms with Crippen molar-refractivity contribution < 1.29 is 9.13 Å². The number of hydrogen-bond donors (Lipinski definition) is 1. The molecule has 0 saturated carbocycles. The normalized spacial score (nSPS) is 16.9. The molecule has 1 aromatic carbocycles. The lowest BCUT2D eigenvalue weighted by molar-refractivity contribution is 0.385. The van der Waals surface area contributed by atoms with E-state index in [2.05, 4.69) is 11.4 Å². The molecule has 0 aromatic heterocycles. The Morgan fingerprint density at radius 3 is 2.79 bits per heavy atom. The second-order valence-electron chi connectivity index (χ2n) is 5.05. The smallest absolute Gasteiger partial charge is 0.165 e. The topological polar surface area (TPSA) is 21.3 Å². The van der Waals surface area contributed by atoms with Gasteiger partial charge in [-0.2, -0.15) is 0 Å². The Morgan fingerprint density at radius 1 is 1.37 bits per heavy atom. The van der Waals surface area contributed by atoms with Crippen LogP contribution in [0.5, 0.6) is 5.75 Å². The number of nitrogens with one attached hydrogen (secondary N) is 1. The first-order chi connectivity index (χ1) is 9.24. The van der Waals surface area contributed by atoms with Gasteiger partial charge in [0.2, 0.25) is 0 Å². The lowest BCUT2D eigenvalue weighted by Crippen LogP contribution is -2.17. The van der Waals surface area contributed by atoms with Gasteiger partial charge in [0.15, 0.2) is 11.6 Å². The zero-order chi connectivity index (χ0) is 13.7. The van der Waals surface area contributed by atoms with E-state index in [4.69, 9.17) is 4.74 Å². The van der Waals surface area contributed by atoms with Gasteiger partial charge >= 0.3 is 0 Å². The maximum Gasteiger partial charge on any atom is 0.165 e. The van der Waals surface area contributed by atoms with Gasteiger partial charge in [-0.15, -0.1) is 0 Å². The highest BCUT2D eigenvalue weighted by molar-refractivity contribution is 5.31. The first-order valence-corrected chi connectivity index (χ1v) is 6.93. The van der Waals surface area contributed by atoms with E-state index in [0.717, 1.165) is 12.0 Å². The van der Waals surface area contributed by atoms with E-state index in [0.29, 0.717) is 5.75 Å². The monoisotopic (exact) mass is 263 g/mol. The third-order valence-corrected chi connectivity index (χ3v) is 3.78. The highest BCUT2D eigenvalue weighted by Crippen LogP contribution is 2.29. The molecule has 3 heteroatoms. The lowest BCUT2D eigenvalue weighted by atomic mass is 9.91. The minimum Gasteiger partial charge on any atom is -0.494 e. The standard InChI is InChI=1S/C16H22FNO/c1-18-15(10-12-6-4-3-5-7-12)13-8-9-16(19-2)14(17)11-13/h6,8-9,11,15,18H,3-5,7,10H2,1-2H3. The number of halogens is 1. The number of benzene rings is 1. The summed E-state index contributed by atoms with van der Waals surface area (Å²) in [6.45, 7) is 0. The molecule has 0 heterocycles. The van der Waals surface area contributed by atoms with Crippen LogP contribution in [0.4, 0.5) is 4.39 Å². The second-order valence-corrected chi connectivity index (χ2v) is 5.05. The maximum atomic E-state index is 13.8. The van der Waals surface area contributed by atoms with Crippen LogP contribution in [-0.4, -0.2) is 14.2 Å². The van der Waals surface area contributed by atoms with Crippen molar-refractivity contribution in [3.05, 3.63) is 41.2 Å². The molecule has 1 atom stereocenters. The van der Waals surface area contributed by atoms with Gasteiger partial charge in [-0.05, 0) is 56.8 Å². The van der Waals surface area contributed by atoms with E-state index in [1.54, 1.807) is 12.1 Å². The SMILES string of the molecule is CNC(CC1=CCCCC1)c1ccc(OC)c(F)c1. The fourth-order valence-corrected chi connectivity index (χ4v) is 2.64. The summed E-state index contributed by atoms with van der Waals surface area (Å²) in [5, 5.41) is 3.28. The van der Waals surface area contributed by atoms with Crippen LogP contribution in [0.2, 0.25) is 0 Å². The van der Waals surface area contributed by atoms with Crippen LogP contribution in [-0.2, 0) is 0 Å². The van der Waals surface area contributed by atoms with Crippen molar-refractivity contribution in [1.82, 2.24) is 5.32 Å². The predicted octanol–water partition coefficient (Wildman–Crippen LogP) is 3.99. The van der Waals surface area contributed by atoms with Gasteiger partial charge < -0.3 is 10.1 Å². The van der Waals surface area contributed by atoms with Crippen molar-refractivity contribution in [2.75, 3.05) is 14.2 Å². The van der Waals surface area contributed by atoms with Crippen LogP contribution in [0.1, 0.15) is 43.7 Å². The molecule has 2 rings (SSSR count). The van der Waals surface area contributed by atoms with Crippen molar-refractivity contribution >= 4 is 0 Å². The van der Waals surface area contributed by atoms with Crippen LogP contribution in [0, 0.1) is 5.82 Å². The number of allylic oxidation sites excluding steroid dienone is 1. The molecule has 0 radical (unpaired) electrons. The molecule has 104 valence electrons. The highest BCUT2D eigenvalue weighted by atomic mass is 19.1. The number of hydrogen-bond acceptors (Lipinski definition) is 2. The Labute approximate surface area is 114 Å². The molecule has 1 unspecified atom stereocenters. The number of ether oxygens (including phenoxy) is 1. The van der Waals surface area contributed by atoms with Gasteiger partial charge in [0, 0.05) is 6.04 Å². The Morgan fingerprint density at radius 2 is 2.21 bits per heavy atom. The van der Waals surface area contributed by atoms with Gasteiger partial charge in [-0.3, -0.25) is 0 Å². The third kappa shape index (κ3) is 3.57. The predicted molar refractivity (Wildman–Crippen MR) is 75.9 cm³/mol. The molecule has 0 saturated heterocycles. The van der Waals surface area contributed by atoms with Crippen molar-refractivity contribution in [3.8, 4) is 5.75 Å². The first-order valence-electron chi connectivity index (χ1n) is 6.93. The Hall–Kier alpha value is -1.35. The van der Waals surface area contributed by atoms with E-state index < -0.39 is 0 Å². The van der Waals surface area contributed by atoms with Crippen LogP contribution >= 0.6 is 0 Å². The van der Waals surface area contributed by atoms with E-state index in [1.165, 1.54) is 38.4 Å². The van der Waals surface area contributed by atoms with Gasteiger partial charge in [0.1, 0.15) is 0 Å². The first kappa shape index (κ1) is 14.1. The molecular formula is C16H22FNO. The molecule has 1 N–H and O–H groups in total. The molecule has 0 aliphatic heterocycles. The maximum absolute atomic E-state index is 13.8. The molecule has 1 aliphatic carbocycles. The van der Waals surface area contributed by atoms with E-state index >= 15 is 0 Å². The summed E-state index contributed by atoms with van der Waals surface area (Å²) < 4.78 is 18.7. The molecule has 0 spiro atoms. The van der Waals surface area contributed by atoms with Crippen molar-refractivity contribution in [3.63, 3.8) is 0 Å². The molecule has 2 nitrogen and oxygen atoms in total. The van der Waals surface area contributed by atoms with Crippen molar-refractivity contribution in [2.45, 2.75) is 38.1 Å². The summed E-state index contributed by atoms with van der Waals surface area (Å²) in [7, 11) is 3.41. The highest BCUT2D eigenvalue weighted by Gasteiger charge is 2.15. The zero-order valence-corrected chi connectivity index (χ0v) is 11.7. The van der Waals surface area contributed by atoms with Gasteiger partial charge in [0.25, 0.3) is 0 Å². The van der Waals surface area contributed by atoms with Crippen molar-refractivity contribution in [1.29, 1.82) is 0 Å². The van der Waals surface area contributed by atoms with Gasteiger partial charge in [0.05, 0.1) is 7.11 Å². The van der Waals surface area contributed by atoms with Gasteiger partial charge in [-0.1, -0.05) is 17.7 Å². The summed E-state index contributed by atoms with van der Waals surface area (Å²) in [6, 6.07) is 5.38. The minimum absolute atomic E-state index is 0.171. The van der Waals surface area contributed by atoms with Crippen molar-refractivity contribution in [2.24, 2.45) is 0 Å². The summed E-state index contributed by atoms with van der Waals surface area (Å²) in [4.78, 5) is 0. The summed E-state index contributed by atoms with van der Waals surface area (Å²) in [5.41, 5.74) is 2.47. The molecule has 19 heavy (non-hydrogen) atoms. The van der Waals surface area contributed by atoms with Gasteiger partial charge in [-0.25, -0.2) is 4.39 Å². The Balaban J connectivity index is 2.12. The average molecular weight is 263 g/mol. The second kappa shape index (κ2) is 6.71. The molecule has 0 bridgehead atoms. The van der Waals surface area contributed by atoms with E-state index in [1.807, 2.05) is 13.1 Å². The zero-order valence-electron chi connectivity index (χ0n) is 11.7. The van der Waals surface area contributed by atoms with Crippen LogP contribution in [0.25, 0.3) is 0 Å². The summed E-state index contributed by atoms with van der Waals surface area (Å²) in [5.74, 6) is 0.00774. The molecule has 1 aromatic rings. The summed E-state index contributed by atoms with van der Waals surface area (Å²) in [6.07, 6.45) is 8.24. The molecular weight excluding hydrogens is 241 g/mol. The Bertz CT molecular complexity index is 456. The van der Waals surface area contributed by atoms with Crippen LogP contribution in [0.15, 0.2) is 29.8 Å². The van der Waals surface area contributed by atoms with Crippen LogP contribution < -0.4 is 10.1 Å². The fraction of sp³-hybridized carbons (Fsp3) is 0.500. The third-order valence-electron chi connectivity index (χ3n) is 3.78. The quantitative estimate of drug-likeness (QED) is 0.811.